The van der Waals surface area contributed by atoms with Crippen molar-refractivity contribution in [2.75, 3.05) is 0 Å². The molecule has 19 heavy (non-hydrogen) atoms. The predicted molar refractivity (Wildman–Crippen MR) is 68.5 cm³/mol. The second kappa shape index (κ2) is 5.66. The second-order valence-electron chi connectivity index (χ2n) is 4.48. The van der Waals surface area contributed by atoms with Gasteiger partial charge in [0, 0.05) is 0 Å². The van der Waals surface area contributed by atoms with E-state index in [-0.39, 0.29) is 6.42 Å². The third-order valence-electron chi connectivity index (χ3n) is 2.83. The standard InChI is InChI=1S/C12H16FNO4S/c1-3-12(2,11(15)16)14-19(17,18)8-9-4-6-10(13)7-5-9/h4-7,14H,3,8H2,1-2H3,(H,15,16). The van der Waals surface area contributed by atoms with Crippen molar-refractivity contribution >= 4 is 16.0 Å². The lowest BCUT2D eigenvalue weighted by Gasteiger charge is -2.24. The Morgan fingerprint density at radius 1 is 1.37 bits per heavy atom. The summed E-state index contributed by atoms with van der Waals surface area (Å²) in [5.41, 5.74) is -1.16. The molecule has 1 rings (SSSR count). The van der Waals surface area contributed by atoms with E-state index in [4.69, 9.17) is 5.11 Å². The van der Waals surface area contributed by atoms with Gasteiger partial charge in [0.2, 0.25) is 10.0 Å². The van der Waals surface area contributed by atoms with Gasteiger partial charge in [-0.2, -0.15) is 4.72 Å². The van der Waals surface area contributed by atoms with Crippen molar-refractivity contribution in [3.63, 3.8) is 0 Å². The highest BCUT2D eigenvalue weighted by molar-refractivity contribution is 7.88. The summed E-state index contributed by atoms with van der Waals surface area (Å²) in [7, 11) is -3.82. The highest BCUT2D eigenvalue weighted by Gasteiger charge is 2.35. The number of hydrogen-bond donors (Lipinski definition) is 2. The van der Waals surface area contributed by atoms with Crippen molar-refractivity contribution in [3.05, 3.63) is 35.6 Å². The Kier molecular flexibility index (Phi) is 4.65. The van der Waals surface area contributed by atoms with Crippen LogP contribution < -0.4 is 4.72 Å². The molecule has 1 aromatic carbocycles. The van der Waals surface area contributed by atoms with Crippen molar-refractivity contribution in [2.45, 2.75) is 31.6 Å². The van der Waals surface area contributed by atoms with Gasteiger partial charge < -0.3 is 5.11 Å². The summed E-state index contributed by atoms with van der Waals surface area (Å²) in [5.74, 6) is -2.09. The van der Waals surface area contributed by atoms with Gasteiger partial charge in [-0.3, -0.25) is 4.79 Å². The molecule has 1 atom stereocenters. The van der Waals surface area contributed by atoms with E-state index in [1.54, 1.807) is 6.92 Å². The number of sulfonamides is 1. The van der Waals surface area contributed by atoms with Crippen molar-refractivity contribution < 1.29 is 22.7 Å². The van der Waals surface area contributed by atoms with Gasteiger partial charge in [-0.25, -0.2) is 12.8 Å². The Hall–Kier alpha value is -1.47. The fraction of sp³-hybridized carbons (Fsp3) is 0.417. The predicted octanol–water partition coefficient (Wildman–Crippen LogP) is 1.50. The fourth-order valence-corrected chi connectivity index (χ4v) is 3.07. The molecule has 1 unspecified atom stereocenters. The van der Waals surface area contributed by atoms with Gasteiger partial charge in [-0.05, 0) is 31.0 Å². The Labute approximate surface area is 111 Å². The largest absolute Gasteiger partial charge is 0.480 e. The van der Waals surface area contributed by atoms with Crippen molar-refractivity contribution in [1.29, 1.82) is 0 Å². The first kappa shape index (κ1) is 15.6. The number of hydrogen-bond acceptors (Lipinski definition) is 3. The number of rotatable bonds is 6. The molecule has 0 radical (unpaired) electrons. The van der Waals surface area contributed by atoms with Gasteiger partial charge >= 0.3 is 5.97 Å². The maximum absolute atomic E-state index is 12.7. The number of nitrogens with one attached hydrogen (secondary N) is 1. The first-order valence-electron chi connectivity index (χ1n) is 5.68. The molecule has 1 aromatic rings. The third kappa shape index (κ3) is 4.29. The zero-order chi connectivity index (χ0) is 14.7. The van der Waals surface area contributed by atoms with Crippen molar-refractivity contribution in [2.24, 2.45) is 0 Å². The average molecular weight is 289 g/mol. The molecule has 106 valence electrons. The Bertz CT molecular complexity index is 556. The lowest BCUT2D eigenvalue weighted by atomic mass is 10.0. The van der Waals surface area contributed by atoms with Crippen LogP contribution in [0.2, 0.25) is 0 Å². The highest BCUT2D eigenvalue weighted by Crippen LogP contribution is 2.14. The number of benzene rings is 1. The molecule has 7 heteroatoms. The van der Waals surface area contributed by atoms with Gasteiger partial charge in [-0.1, -0.05) is 19.1 Å². The first-order valence-corrected chi connectivity index (χ1v) is 7.33. The molecule has 0 amide bonds. The van der Waals surface area contributed by atoms with Gasteiger partial charge in [0.15, 0.2) is 0 Å². The van der Waals surface area contributed by atoms with Crippen LogP contribution in [0, 0.1) is 5.82 Å². The number of carboxylic acid groups (broad SMARTS) is 1. The number of halogens is 1. The van der Waals surface area contributed by atoms with E-state index < -0.39 is 33.1 Å². The summed E-state index contributed by atoms with van der Waals surface area (Å²) in [6.45, 7) is 2.88. The minimum Gasteiger partial charge on any atom is -0.480 e. The quantitative estimate of drug-likeness (QED) is 0.831. The van der Waals surface area contributed by atoms with E-state index in [0.29, 0.717) is 5.56 Å². The smallest absolute Gasteiger partial charge is 0.324 e. The van der Waals surface area contributed by atoms with E-state index in [1.165, 1.54) is 19.1 Å². The lowest BCUT2D eigenvalue weighted by molar-refractivity contribution is -0.143. The molecule has 5 nitrogen and oxygen atoms in total. The number of aliphatic carboxylic acids is 1. The highest BCUT2D eigenvalue weighted by atomic mass is 32.2. The van der Waals surface area contributed by atoms with Crippen LogP contribution in [0.4, 0.5) is 4.39 Å². The normalized spacial score (nSPS) is 14.9. The summed E-state index contributed by atoms with van der Waals surface area (Å²) in [4.78, 5) is 11.1. The molecule has 0 aliphatic carbocycles. The maximum atomic E-state index is 12.7. The minimum absolute atomic E-state index is 0.116. The lowest BCUT2D eigenvalue weighted by Crippen LogP contribution is -2.51. The molecule has 0 saturated carbocycles. The van der Waals surface area contributed by atoms with Crippen LogP contribution in [0.15, 0.2) is 24.3 Å². The van der Waals surface area contributed by atoms with Crippen molar-refractivity contribution in [1.82, 2.24) is 4.72 Å². The monoisotopic (exact) mass is 289 g/mol. The topological polar surface area (TPSA) is 83.5 Å². The third-order valence-corrected chi connectivity index (χ3v) is 4.30. The molecular weight excluding hydrogens is 273 g/mol. The summed E-state index contributed by atoms with van der Waals surface area (Å²) in [6.07, 6.45) is 0.116. The minimum atomic E-state index is -3.82. The van der Waals surface area contributed by atoms with E-state index in [2.05, 4.69) is 4.72 Å². The van der Waals surface area contributed by atoms with E-state index in [0.717, 1.165) is 12.1 Å². The van der Waals surface area contributed by atoms with Gasteiger partial charge in [-0.15, -0.1) is 0 Å². The van der Waals surface area contributed by atoms with Crippen LogP contribution in [-0.4, -0.2) is 25.0 Å². The molecule has 0 heterocycles. The zero-order valence-corrected chi connectivity index (χ0v) is 11.5. The summed E-state index contributed by atoms with van der Waals surface area (Å²) in [6, 6.07) is 5.00. The van der Waals surface area contributed by atoms with Gasteiger partial charge in [0.1, 0.15) is 11.4 Å². The van der Waals surface area contributed by atoms with Crippen LogP contribution in [0.1, 0.15) is 25.8 Å². The van der Waals surface area contributed by atoms with E-state index >= 15 is 0 Å². The van der Waals surface area contributed by atoms with E-state index in [1.807, 2.05) is 0 Å². The van der Waals surface area contributed by atoms with Crippen LogP contribution >= 0.6 is 0 Å². The summed E-state index contributed by atoms with van der Waals surface area (Å²) < 4.78 is 38.7. The Balaban J connectivity index is 2.88. The van der Waals surface area contributed by atoms with Gasteiger partial charge in [0.05, 0.1) is 5.75 Å². The zero-order valence-electron chi connectivity index (χ0n) is 10.7. The molecule has 0 bridgehead atoms. The first-order chi connectivity index (χ1) is 8.68. The molecular formula is C12H16FNO4S. The Morgan fingerprint density at radius 3 is 2.32 bits per heavy atom. The maximum Gasteiger partial charge on any atom is 0.324 e. The Morgan fingerprint density at radius 2 is 1.89 bits per heavy atom. The van der Waals surface area contributed by atoms with Crippen LogP contribution in [0.25, 0.3) is 0 Å². The number of carboxylic acids is 1. The molecule has 0 spiro atoms. The molecule has 0 saturated heterocycles. The molecule has 0 aromatic heterocycles. The SMILES string of the molecule is CCC(C)(NS(=O)(=O)Cc1ccc(F)cc1)C(=O)O. The number of carbonyl (C=O) groups is 1. The summed E-state index contributed by atoms with van der Waals surface area (Å²) >= 11 is 0. The molecule has 0 aliphatic rings. The summed E-state index contributed by atoms with van der Waals surface area (Å²) in [5, 5.41) is 9.02. The van der Waals surface area contributed by atoms with Crippen LogP contribution in [0.5, 0.6) is 0 Å². The molecule has 2 N–H and O–H groups in total. The molecule has 0 aliphatic heterocycles. The van der Waals surface area contributed by atoms with Gasteiger partial charge in [0.25, 0.3) is 0 Å². The van der Waals surface area contributed by atoms with E-state index in [9.17, 15) is 17.6 Å². The second-order valence-corrected chi connectivity index (χ2v) is 6.20. The van der Waals surface area contributed by atoms with Crippen LogP contribution in [0.3, 0.4) is 0 Å². The molecule has 0 fully saturated rings. The van der Waals surface area contributed by atoms with Crippen molar-refractivity contribution in [3.8, 4) is 0 Å². The van der Waals surface area contributed by atoms with Crippen LogP contribution in [-0.2, 0) is 20.6 Å². The fourth-order valence-electron chi connectivity index (χ4n) is 1.45. The average Bonchev–Trinajstić information content (AvgIpc) is 2.31.